The van der Waals surface area contributed by atoms with Crippen LogP contribution in [0, 0.1) is 0 Å². The van der Waals surface area contributed by atoms with Crippen molar-refractivity contribution in [3.8, 4) is 11.5 Å². The standard InChI is InChI=1S/C31H31N5O6/c1-39-22-12-8-20(9-13-22)31(19-6-4-3-5-7-19,21-10-14-23(40-2)15-11-21)41-16-24-26(37)27(38)30(42-24)36-18-35-25-28(32)33-17-34-29(25)36/h3-15,17-18,24,26-27,30,37-38H,16H2,1-2H3,(H2,32,33,34)/t24-,26+,27-,30-/m1/s1. The molecule has 1 saturated heterocycles. The molecule has 42 heavy (non-hydrogen) atoms. The van der Waals surface area contributed by atoms with Crippen molar-refractivity contribution in [2.75, 3.05) is 26.6 Å². The second-order valence-corrected chi connectivity index (χ2v) is 9.94. The summed E-state index contributed by atoms with van der Waals surface area (Å²) in [5.74, 6) is 1.61. The minimum atomic E-state index is -1.28. The van der Waals surface area contributed by atoms with E-state index >= 15 is 0 Å². The van der Waals surface area contributed by atoms with Gasteiger partial charge in [0, 0.05) is 0 Å². The minimum Gasteiger partial charge on any atom is -0.497 e. The maximum atomic E-state index is 11.1. The maximum absolute atomic E-state index is 11.1. The van der Waals surface area contributed by atoms with Crippen LogP contribution in [0.1, 0.15) is 22.9 Å². The predicted molar refractivity (Wildman–Crippen MR) is 154 cm³/mol. The summed E-state index contributed by atoms with van der Waals surface area (Å²) in [5, 5.41) is 22.2. The molecule has 3 aromatic carbocycles. The molecule has 0 unspecified atom stereocenters. The normalized spacial score (nSPS) is 20.6. The summed E-state index contributed by atoms with van der Waals surface area (Å²) in [7, 11) is 3.23. The van der Waals surface area contributed by atoms with Crippen LogP contribution >= 0.6 is 0 Å². The van der Waals surface area contributed by atoms with Gasteiger partial charge in [-0.05, 0) is 41.0 Å². The number of anilines is 1. The molecule has 11 nitrogen and oxygen atoms in total. The molecule has 0 aliphatic carbocycles. The number of aliphatic hydroxyl groups is 2. The molecule has 4 atom stereocenters. The molecule has 3 heterocycles. The van der Waals surface area contributed by atoms with Gasteiger partial charge in [-0.25, -0.2) is 15.0 Å². The largest absolute Gasteiger partial charge is 0.497 e. The second kappa shape index (κ2) is 11.4. The van der Waals surface area contributed by atoms with Crippen molar-refractivity contribution in [3.63, 3.8) is 0 Å². The molecule has 216 valence electrons. The fourth-order valence-corrected chi connectivity index (χ4v) is 5.43. The van der Waals surface area contributed by atoms with Crippen LogP contribution in [-0.4, -0.2) is 68.9 Å². The van der Waals surface area contributed by atoms with Crippen LogP contribution in [0.5, 0.6) is 11.5 Å². The van der Waals surface area contributed by atoms with Crippen LogP contribution in [0.4, 0.5) is 5.82 Å². The van der Waals surface area contributed by atoms with Crippen molar-refractivity contribution in [1.29, 1.82) is 0 Å². The zero-order valence-corrected chi connectivity index (χ0v) is 23.1. The molecule has 2 aromatic heterocycles. The molecule has 0 saturated carbocycles. The van der Waals surface area contributed by atoms with Crippen molar-refractivity contribution >= 4 is 17.0 Å². The van der Waals surface area contributed by atoms with E-state index in [1.807, 2.05) is 78.9 Å². The van der Waals surface area contributed by atoms with E-state index in [1.54, 1.807) is 18.8 Å². The Hall–Kier alpha value is -4.55. The van der Waals surface area contributed by atoms with E-state index in [0.717, 1.165) is 16.7 Å². The molecular weight excluding hydrogens is 538 g/mol. The van der Waals surface area contributed by atoms with Gasteiger partial charge in [-0.1, -0.05) is 54.6 Å². The van der Waals surface area contributed by atoms with Crippen LogP contribution < -0.4 is 15.2 Å². The van der Waals surface area contributed by atoms with Crippen LogP contribution in [0.15, 0.2) is 91.5 Å². The highest BCUT2D eigenvalue weighted by atomic mass is 16.6. The van der Waals surface area contributed by atoms with Gasteiger partial charge in [0.15, 0.2) is 17.7 Å². The summed E-state index contributed by atoms with van der Waals surface area (Å²) in [6.45, 7) is -0.0641. The van der Waals surface area contributed by atoms with E-state index in [1.165, 1.54) is 12.7 Å². The summed E-state index contributed by atoms with van der Waals surface area (Å²) in [5.41, 5.74) is 8.11. The zero-order valence-electron chi connectivity index (χ0n) is 23.1. The molecule has 1 aliphatic rings. The summed E-state index contributed by atoms with van der Waals surface area (Å²) in [4.78, 5) is 12.5. The average Bonchev–Trinajstić information content (AvgIpc) is 3.59. The van der Waals surface area contributed by atoms with Crippen molar-refractivity contribution in [2.45, 2.75) is 30.1 Å². The number of fused-ring (bicyclic) bond motifs is 1. The van der Waals surface area contributed by atoms with Gasteiger partial charge in [0.25, 0.3) is 0 Å². The number of nitrogens with two attached hydrogens (primary N) is 1. The predicted octanol–water partition coefficient (Wildman–Crippen LogP) is 3.05. The highest BCUT2D eigenvalue weighted by molar-refractivity contribution is 5.81. The van der Waals surface area contributed by atoms with E-state index in [-0.39, 0.29) is 12.4 Å². The topological polar surface area (TPSA) is 147 Å². The van der Waals surface area contributed by atoms with Crippen LogP contribution in [0.25, 0.3) is 11.2 Å². The monoisotopic (exact) mass is 569 g/mol. The first kappa shape index (κ1) is 27.6. The number of aliphatic hydroxyl groups excluding tert-OH is 2. The lowest BCUT2D eigenvalue weighted by atomic mass is 9.80. The van der Waals surface area contributed by atoms with E-state index in [9.17, 15) is 10.2 Å². The van der Waals surface area contributed by atoms with Crippen molar-refractivity contribution in [3.05, 3.63) is 108 Å². The van der Waals surface area contributed by atoms with Gasteiger partial charge >= 0.3 is 0 Å². The van der Waals surface area contributed by atoms with Gasteiger partial charge in [-0.2, -0.15) is 0 Å². The number of hydrogen-bond donors (Lipinski definition) is 3. The third-order valence-electron chi connectivity index (χ3n) is 7.64. The number of nitrogens with zero attached hydrogens (tertiary/aromatic N) is 4. The first-order chi connectivity index (χ1) is 20.5. The van der Waals surface area contributed by atoms with E-state index in [0.29, 0.717) is 22.7 Å². The van der Waals surface area contributed by atoms with Crippen molar-refractivity contribution < 1.29 is 29.2 Å². The Bertz CT molecular complexity index is 1600. The Morgan fingerprint density at radius 1 is 0.810 bits per heavy atom. The molecule has 4 N–H and O–H groups in total. The number of ether oxygens (including phenoxy) is 4. The molecular formula is C31H31N5O6. The van der Waals surface area contributed by atoms with Gasteiger partial charge in [0.1, 0.15) is 47.3 Å². The third-order valence-corrected chi connectivity index (χ3v) is 7.64. The first-order valence-electron chi connectivity index (χ1n) is 13.4. The van der Waals surface area contributed by atoms with E-state index in [4.69, 9.17) is 24.7 Å². The molecule has 11 heteroatoms. The fourth-order valence-electron chi connectivity index (χ4n) is 5.43. The lowest BCUT2D eigenvalue weighted by Crippen LogP contribution is -2.39. The first-order valence-corrected chi connectivity index (χ1v) is 13.4. The molecule has 0 spiro atoms. The lowest BCUT2D eigenvalue weighted by Gasteiger charge is -2.37. The SMILES string of the molecule is COc1ccc(C(OC[C@H]2O[C@@H](n3cnc4c(N)ncnc43)[C@H](O)[C@H]2O)(c2ccccc2)c2ccc(OC)cc2)cc1. The second-order valence-electron chi connectivity index (χ2n) is 9.94. The quantitative estimate of drug-likeness (QED) is 0.226. The molecule has 0 radical (unpaired) electrons. The maximum Gasteiger partial charge on any atom is 0.167 e. The average molecular weight is 570 g/mol. The third kappa shape index (κ3) is 4.72. The number of imidazole rings is 1. The van der Waals surface area contributed by atoms with Gasteiger partial charge in [-0.15, -0.1) is 0 Å². The highest BCUT2D eigenvalue weighted by Crippen LogP contribution is 2.43. The molecule has 1 fully saturated rings. The van der Waals surface area contributed by atoms with Gasteiger partial charge in [0.05, 0.1) is 27.2 Å². The molecule has 0 amide bonds. The van der Waals surface area contributed by atoms with Crippen LogP contribution in [0.2, 0.25) is 0 Å². The van der Waals surface area contributed by atoms with Crippen LogP contribution in [-0.2, 0) is 15.1 Å². The Kier molecular flexibility index (Phi) is 7.48. The molecule has 6 rings (SSSR count). The number of rotatable bonds is 9. The number of nitrogen functional groups attached to an aromatic ring is 1. The molecule has 1 aliphatic heterocycles. The number of methoxy groups -OCH3 is 2. The summed E-state index contributed by atoms with van der Waals surface area (Å²) in [6, 6.07) is 25.1. The smallest absolute Gasteiger partial charge is 0.167 e. The van der Waals surface area contributed by atoms with Gasteiger partial charge < -0.3 is 34.9 Å². The minimum absolute atomic E-state index is 0.0641. The van der Waals surface area contributed by atoms with Crippen molar-refractivity contribution in [2.24, 2.45) is 0 Å². The molecule has 0 bridgehead atoms. The Morgan fingerprint density at radius 3 is 2.00 bits per heavy atom. The summed E-state index contributed by atoms with van der Waals surface area (Å²) >= 11 is 0. The lowest BCUT2D eigenvalue weighted by molar-refractivity contribution is -0.0942. The summed E-state index contributed by atoms with van der Waals surface area (Å²) < 4.78 is 25.4. The van der Waals surface area contributed by atoms with Crippen molar-refractivity contribution in [1.82, 2.24) is 19.5 Å². The number of aromatic nitrogens is 4. The highest BCUT2D eigenvalue weighted by Gasteiger charge is 2.47. The molecule has 5 aromatic rings. The Balaban J connectivity index is 1.39. The number of hydrogen-bond acceptors (Lipinski definition) is 10. The Labute approximate surface area is 242 Å². The van der Waals surface area contributed by atoms with E-state index in [2.05, 4.69) is 15.0 Å². The fraction of sp³-hybridized carbons (Fsp3) is 0.258. The van der Waals surface area contributed by atoms with E-state index < -0.39 is 30.1 Å². The van der Waals surface area contributed by atoms with Gasteiger partial charge in [-0.3, -0.25) is 4.57 Å². The zero-order chi connectivity index (χ0) is 29.3. The van der Waals surface area contributed by atoms with Crippen LogP contribution in [0.3, 0.4) is 0 Å². The Morgan fingerprint density at radius 2 is 1.40 bits per heavy atom. The summed E-state index contributed by atoms with van der Waals surface area (Å²) in [6.07, 6.45) is -1.62. The number of benzene rings is 3. The van der Waals surface area contributed by atoms with Gasteiger partial charge in [0.2, 0.25) is 0 Å².